The molecule has 0 radical (unpaired) electrons. The van der Waals surface area contributed by atoms with E-state index in [2.05, 4.69) is 0 Å². The Bertz CT molecular complexity index is 394. The molecule has 1 atom stereocenters. The second-order valence-corrected chi connectivity index (χ2v) is 3.30. The average Bonchev–Trinajstić information content (AvgIpc) is 2.29. The summed E-state index contributed by atoms with van der Waals surface area (Å²) in [6.07, 6.45) is 0.353. The Labute approximate surface area is 93.5 Å². The molecule has 3 nitrogen and oxygen atoms in total. The van der Waals surface area contributed by atoms with Gasteiger partial charge < -0.3 is 4.74 Å². The fourth-order valence-electron chi connectivity index (χ4n) is 1.18. The van der Waals surface area contributed by atoms with Gasteiger partial charge >= 0.3 is 5.97 Å². The molecule has 0 spiro atoms. The summed E-state index contributed by atoms with van der Waals surface area (Å²) in [4.78, 5) is 11.5. The Morgan fingerprint density at radius 3 is 2.62 bits per heavy atom. The van der Waals surface area contributed by atoms with Crippen LogP contribution in [0.25, 0.3) is 0 Å². The van der Waals surface area contributed by atoms with Crippen LogP contribution in [0.2, 0.25) is 0 Å². The lowest BCUT2D eigenvalue weighted by Gasteiger charge is -2.12. The first kappa shape index (κ1) is 12.2. The van der Waals surface area contributed by atoms with E-state index in [0.29, 0.717) is 6.42 Å². The minimum atomic E-state index is -0.526. The van der Waals surface area contributed by atoms with Crippen molar-refractivity contribution in [3.8, 4) is 6.07 Å². The summed E-state index contributed by atoms with van der Waals surface area (Å²) in [5.74, 6) is -0.928. The summed E-state index contributed by atoms with van der Waals surface area (Å²) in [5, 5.41) is 8.50. The lowest BCUT2D eigenvalue weighted by atomic mass is 10.2. The van der Waals surface area contributed by atoms with E-state index in [1.54, 1.807) is 0 Å². The summed E-state index contributed by atoms with van der Waals surface area (Å²) in [7, 11) is 0. The zero-order valence-electron chi connectivity index (χ0n) is 8.94. The zero-order valence-corrected chi connectivity index (χ0v) is 8.94. The minimum Gasteiger partial charge on any atom is -0.458 e. The average molecular weight is 221 g/mol. The van der Waals surface area contributed by atoms with E-state index in [1.165, 1.54) is 24.3 Å². The first-order valence-corrected chi connectivity index (χ1v) is 5.01. The predicted octanol–water partition coefficient (Wildman–Crippen LogP) is 2.67. The van der Waals surface area contributed by atoms with Gasteiger partial charge in [-0.3, -0.25) is 0 Å². The first-order chi connectivity index (χ1) is 7.67. The lowest BCUT2D eigenvalue weighted by molar-refractivity contribution is 0.0303. The van der Waals surface area contributed by atoms with Gasteiger partial charge in [0, 0.05) is 0 Å². The Hall–Kier alpha value is -1.89. The first-order valence-electron chi connectivity index (χ1n) is 5.01. The summed E-state index contributed by atoms with van der Waals surface area (Å²) in [6, 6.07) is 7.06. The number of ether oxygens (including phenoxy) is 1. The van der Waals surface area contributed by atoms with Crippen molar-refractivity contribution in [3.63, 3.8) is 0 Å². The molecule has 16 heavy (non-hydrogen) atoms. The fraction of sp³-hybridized carbons (Fsp3) is 0.333. The Kier molecular flexibility index (Phi) is 4.46. The number of carbonyl (C=O) groups excluding carboxylic acids is 1. The van der Waals surface area contributed by atoms with E-state index >= 15 is 0 Å². The van der Waals surface area contributed by atoms with Crippen LogP contribution in [-0.4, -0.2) is 12.1 Å². The van der Waals surface area contributed by atoms with Crippen molar-refractivity contribution in [2.75, 3.05) is 0 Å². The normalized spacial score (nSPS) is 11.6. The van der Waals surface area contributed by atoms with Crippen LogP contribution in [0.3, 0.4) is 0 Å². The van der Waals surface area contributed by atoms with Crippen molar-refractivity contribution in [1.29, 1.82) is 5.26 Å². The van der Waals surface area contributed by atoms with Gasteiger partial charge in [-0.1, -0.05) is 6.92 Å². The molecule has 0 aliphatic carbocycles. The fourth-order valence-corrected chi connectivity index (χ4v) is 1.18. The maximum atomic E-state index is 12.6. The maximum absolute atomic E-state index is 12.6. The number of benzene rings is 1. The van der Waals surface area contributed by atoms with Gasteiger partial charge in [0.15, 0.2) is 0 Å². The second kappa shape index (κ2) is 5.86. The summed E-state index contributed by atoms with van der Waals surface area (Å²) in [6.45, 7) is 1.83. The van der Waals surface area contributed by atoms with Gasteiger partial charge in [0.05, 0.1) is 18.1 Å². The molecule has 1 aromatic rings. The molecule has 0 fully saturated rings. The summed E-state index contributed by atoms with van der Waals surface area (Å²) in [5.41, 5.74) is 0.290. The highest BCUT2D eigenvalue weighted by molar-refractivity contribution is 5.89. The molecule has 0 amide bonds. The third-order valence-corrected chi connectivity index (χ3v) is 2.13. The molecule has 4 heteroatoms. The van der Waals surface area contributed by atoms with Crippen LogP contribution in [0, 0.1) is 17.1 Å². The van der Waals surface area contributed by atoms with Crippen LogP contribution in [0.1, 0.15) is 30.1 Å². The van der Waals surface area contributed by atoms with Crippen LogP contribution >= 0.6 is 0 Å². The van der Waals surface area contributed by atoms with Gasteiger partial charge in [-0.05, 0) is 30.7 Å². The van der Waals surface area contributed by atoms with Crippen molar-refractivity contribution in [2.45, 2.75) is 25.9 Å². The number of nitriles is 1. The van der Waals surface area contributed by atoms with E-state index in [4.69, 9.17) is 10.00 Å². The van der Waals surface area contributed by atoms with Crippen molar-refractivity contribution >= 4 is 5.97 Å². The molecule has 0 saturated heterocycles. The summed E-state index contributed by atoms with van der Waals surface area (Å²) >= 11 is 0. The molecule has 0 unspecified atom stereocenters. The molecule has 0 N–H and O–H groups in total. The third kappa shape index (κ3) is 3.35. The molecule has 0 aromatic heterocycles. The third-order valence-electron chi connectivity index (χ3n) is 2.13. The topological polar surface area (TPSA) is 50.1 Å². The molecular formula is C12H12FNO2. The molecule has 0 aliphatic rings. The number of hydrogen-bond acceptors (Lipinski definition) is 3. The number of hydrogen-bond donors (Lipinski definition) is 0. The van der Waals surface area contributed by atoms with Crippen LogP contribution < -0.4 is 0 Å². The Balaban J connectivity index is 2.65. The molecule has 0 saturated carbocycles. The second-order valence-electron chi connectivity index (χ2n) is 3.30. The number of rotatable bonds is 4. The van der Waals surface area contributed by atoms with Crippen LogP contribution in [0.4, 0.5) is 4.39 Å². The van der Waals surface area contributed by atoms with Crippen LogP contribution in [0.15, 0.2) is 24.3 Å². The molecular weight excluding hydrogens is 209 g/mol. The van der Waals surface area contributed by atoms with Gasteiger partial charge in [0.1, 0.15) is 11.9 Å². The standard InChI is InChI=1S/C12H12FNO2/c1-2-11(7-8-14)16-12(15)9-3-5-10(13)6-4-9/h3-6,11H,2,7H2,1H3/t11-/m0/s1. The number of carbonyl (C=O) groups is 1. The van der Waals surface area contributed by atoms with Crippen LogP contribution in [-0.2, 0) is 4.74 Å². The highest BCUT2D eigenvalue weighted by Gasteiger charge is 2.13. The molecule has 0 heterocycles. The van der Waals surface area contributed by atoms with Gasteiger partial charge in [-0.25, -0.2) is 9.18 Å². The Morgan fingerprint density at radius 2 is 2.12 bits per heavy atom. The van der Waals surface area contributed by atoms with E-state index in [-0.39, 0.29) is 12.0 Å². The summed E-state index contributed by atoms with van der Waals surface area (Å²) < 4.78 is 17.7. The van der Waals surface area contributed by atoms with Gasteiger partial charge in [-0.15, -0.1) is 0 Å². The van der Waals surface area contributed by atoms with Gasteiger partial charge in [-0.2, -0.15) is 5.26 Å². The largest absolute Gasteiger partial charge is 0.458 e. The highest BCUT2D eigenvalue weighted by atomic mass is 19.1. The van der Waals surface area contributed by atoms with Gasteiger partial charge in [0.25, 0.3) is 0 Å². The van der Waals surface area contributed by atoms with Crippen LogP contribution in [0.5, 0.6) is 0 Å². The predicted molar refractivity (Wildman–Crippen MR) is 56.1 cm³/mol. The molecule has 1 rings (SSSR count). The zero-order chi connectivity index (χ0) is 12.0. The highest BCUT2D eigenvalue weighted by Crippen LogP contribution is 2.09. The molecule has 1 aromatic carbocycles. The number of halogens is 1. The van der Waals surface area contributed by atoms with Crippen molar-refractivity contribution < 1.29 is 13.9 Å². The van der Waals surface area contributed by atoms with Crippen molar-refractivity contribution in [1.82, 2.24) is 0 Å². The van der Waals surface area contributed by atoms with E-state index in [9.17, 15) is 9.18 Å². The maximum Gasteiger partial charge on any atom is 0.338 e. The SMILES string of the molecule is CC[C@@H](CC#N)OC(=O)c1ccc(F)cc1. The van der Waals surface area contributed by atoms with Crippen molar-refractivity contribution in [3.05, 3.63) is 35.6 Å². The van der Waals surface area contributed by atoms with E-state index < -0.39 is 17.9 Å². The number of esters is 1. The molecule has 0 aliphatic heterocycles. The Morgan fingerprint density at radius 1 is 1.50 bits per heavy atom. The lowest BCUT2D eigenvalue weighted by Crippen LogP contribution is -2.17. The van der Waals surface area contributed by atoms with E-state index in [0.717, 1.165) is 0 Å². The van der Waals surface area contributed by atoms with Crippen molar-refractivity contribution in [2.24, 2.45) is 0 Å². The van der Waals surface area contributed by atoms with E-state index in [1.807, 2.05) is 13.0 Å². The minimum absolute atomic E-state index is 0.170. The molecule has 84 valence electrons. The van der Waals surface area contributed by atoms with Gasteiger partial charge in [0.2, 0.25) is 0 Å². The quantitative estimate of drug-likeness (QED) is 0.734. The monoisotopic (exact) mass is 221 g/mol. The number of nitrogens with zero attached hydrogens (tertiary/aromatic N) is 1. The molecule has 0 bridgehead atoms. The smallest absolute Gasteiger partial charge is 0.338 e.